The Bertz CT molecular complexity index is 223. The van der Waals surface area contributed by atoms with E-state index in [4.69, 9.17) is 0 Å². The van der Waals surface area contributed by atoms with Gasteiger partial charge >= 0.3 is 0 Å². The van der Waals surface area contributed by atoms with Crippen LogP contribution in [0.4, 0.5) is 0 Å². The van der Waals surface area contributed by atoms with Gasteiger partial charge in [0.05, 0.1) is 0 Å². The second kappa shape index (κ2) is 5.03. The highest BCUT2D eigenvalue weighted by Crippen LogP contribution is 2.22. The quantitative estimate of drug-likeness (QED) is 0.662. The van der Waals surface area contributed by atoms with E-state index in [0.717, 1.165) is 18.1 Å². The normalized spacial score (nSPS) is 36.8. The van der Waals surface area contributed by atoms with Gasteiger partial charge in [-0.05, 0) is 53.9 Å². The Morgan fingerprint density at radius 2 is 1.50 bits per heavy atom. The summed E-state index contributed by atoms with van der Waals surface area (Å²) in [7, 11) is 4.50. The van der Waals surface area contributed by atoms with Crippen molar-refractivity contribution in [2.45, 2.75) is 44.8 Å². The fourth-order valence-electron chi connectivity index (χ4n) is 3.16. The topological polar surface area (TPSA) is 9.72 Å². The van der Waals surface area contributed by atoms with Crippen LogP contribution in [0.15, 0.2) is 0 Å². The van der Waals surface area contributed by atoms with Gasteiger partial charge in [-0.2, -0.15) is 0 Å². The average Bonchev–Trinajstić information content (AvgIpc) is 2.25. The third-order valence-corrected chi connectivity index (χ3v) is 4.50. The molecule has 2 aliphatic rings. The number of rotatable bonds is 1. The Morgan fingerprint density at radius 1 is 0.875 bits per heavy atom. The summed E-state index contributed by atoms with van der Waals surface area (Å²) in [6, 6.07) is 2.29. The molecule has 0 N–H and O–H groups in total. The van der Waals surface area contributed by atoms with Gasteiger partial charge in [0.2, 0.25) is 0 Å². The lowest BCUT2D eigenvalue weighted by atomic mass is 9.98. The molecule has 2 heterocycles. The lowest BCUT2D eigenvalue weighted by Crippen LogP contribution is -2.59. The summed E-state index contributed by atoms with van der Waals surface area (Å²) in [4.78, 5) is 7.72. The van der Waals surface area contributed by atoms with E-state index < -0.39 is 0 Å². The predicted octanol–water partition coefficient (Wildman–Crippen LogP) is 1.10. The fraction of sp³-hybridized carbons (Fsp3) is 1.00. The number of piperidine rings is 1. The van der Waals surface area contributed by atoms with E-state index in [9.17, 15) is 0 Å². The largest absolute Gasteiger partial charge is 0.306 e. The molecule has 0 unspecified atom stereocenters. The highest BCUT2D eigenvalue weighted by Gasteiger charge is 2.32. The summed E-state index contributed by atoms with van der Waals surface area (Å²) >= 11 is 0. The third-order valence-electron chi connectivity index (χ3n) is 4.50. The first kappa shape index (κ1) is 12.3. The Morgan fingerprint density at radius 3 is 2.12 bits per heavy atom. The zero-order valence-corrected chi connectivity index (χ0v) is 11.3. The van der Waals surface area contributed by atoms with Crippen molar-refractivity contribution < 1.29 is 0 Å². The molecular formula is C13H27N3. The number of nitrogens with zero attached hydrogens (tertiary/aromatic N) is 3. The molecule has 0 amide bonds. The maximum absolute atomic E-state index is 2.76. The summed E-state index contributed by atoms with van der Waals surface area (Å²) in [6.45, 7) is 9.78. The SMILES string of the molecule is C[C@@H]1CN(C2CCN(C)CC2)[C@@H](C)CN1C. The van der Waals surface area contributed by atoms with Crippen LogP contribution in [-0.4, -0.2) is 73.1 Å². The smallest absolute Gasteiger partial charge is 0.0198 e. The number of hydrogen-bond donors (Lipinski definition) is 0. The molecule has 2 rings (SSSR count). The summed E-state index contributed by atoms with van der Waals surface area (Å²) in [6.07, 6.45) is 2.72. The van der Waals surface area contributed by atoms with E-state index in [2.05, 4.69) is 42.6 Å². The first-order valence-electron chi connectivity index (χ1n) is 6.72. The lowest BCUT2D eigenvalue weighted by Gasteiger charge is -2.48. The number of likely N-dealkylation sites (N-methyl/N-ethyl adjacent to an activating group) is 1. The molecule has 0 bridgehead atoms. The summed E-state index contributed by atoms with van der Waals surface area (Å²) in [5, 5.41) is 0. The van der Waals surface area contributed by atoms with E-state index in [1.165, 1.54) is 39.0 Å². The molecular weight excluding hydrogens is 198 g/mol. The monoisotopic (exact) mass is 225 g/mol. The molecule has 3 nitrogen and oxygen atoms in total. The average molecular weight is 225 g/mol. The van der Waals surface area contributed by atoms with Crippen LogP contribution >= 0.6 is 0 Å². The van der Waals surface area contributed by atoms with E-state index in [1.54, 1.807) is 0 Å². The second-order valence-corrected chi connectivity index (χ2v) is 5.87. The minimum Gasteiger partial charge on any atom is -0.306 e. The maximum Gasteiger partial charge on any atom is 0.0198 e. The van der Waals surface area contributed by atoms with E-state index in [-0.39, 0.29) is 0 Å². The van der Waals surface area contributed by atoms with Gasteiger partial charge < -0.3 is 9.80 Å². The van der Waals surface area contributed by atoms with Crippen LogP contribution in [0.1, 0.15) is 26.7 Å². The van der Waals surface area contributed by atoms with Crippen molar-refractivity contribution in [3.63, 3.8) is 0 Å². The minimum atomic E-state index is 0.718. The Hall–Kier alpha value is -0.120. The van der Waals surface area contributed by atoms with Crippen molar-refractivity contribution in [2.24, 2.45) is 0 Å². The Labute approximate surface area is 100 Å². The number of hydrogen-bond acceptors (Lipinski definition) is 3. The molecule has 0 spiro atoms. The van der Waals surface area contributed by atoms with Crippen LogP contribution in [0.5, 0.6) is 0 Å². The Balaban J connectivity index is 1.93. The molecule has 0 aliphatic carbocycles. The van der Waals surface area contributed by atoms with Crippen LogP contribution in [0.3, 0.4) is 0 Å². The van der Waals surface area contributed by atoms with Gasteiger partial charge in [0.15, 0.2) is 0 Å². The van der Waals surface area contributed by atoms with E-state index >= 15 is 0 Å². The molecule has 0 aromatic carbocycles. The first-order valence-corrected chi connectivity index (χ1v) is 6.72. The van der Waals surface area contributed by atoms with Gasteiger partial charge in [-0.3, -0.25) is 4.90 Å². The fourth-order valence-corrected chi connectivity index (χ4v) is 3.16. The van der Waals surface area contributed by atoms with Crippen molar-refractivity contribution in [1.82, 2.24) is 14.7 Å². The van der Waals surface area contributed by atoms with Gasteiger partial charge in [-0.15, -0.1) is 0 Å². The van der Waals surface area contributed by atoms with Gasteiger partial charge in [-0.25, -0.2) is 0 Å². The molecule has 2 saturated heterocycles. The molecule has 2 aliphatic heterocycles. The number of piperazine rings is 1. The molecule has 0 aromatic heterocycles. The summed E-state index contributed by atoms with van der Waals surface area (Å²) < 4.78 is 0. The highest BCUT2D eigenvalue weighted by atomic mass is 15.3. The molecule has 0 aromatic rings. The van der Waals surface area contributed by atoms with Crippen LogP contribution < -0.4 is 0 Å². The predicted molar refractivity (Wildman–Crippen MR) is 68.8 cm³/mol. The van der Waals surface area contributed by atoms with Crippen molar-refractivity contribution in [3.05, 3.63) is 0 Å². The van der Waals surface area contributed by atoms with Crippen molar-refractivity contribution in [2.75, 3.05) is 40.3 Å². The summed E-state index contributed by atoms with van der Waals surface area (Å²) in [5.74, 6) is 0. The third kappa shape index (κ3) is 2.58. The maximum atomic E-state index is 2.76. The zero-order valence-electron chi connectivity index (χ0n) is 11.3. The number of likely N-dealkylation sites (tertiary alicyclic amines) is 1. The molecule has 2 atom stereocenters. The van der Waals surface area contributed by atoms with Crippen molar-refractivity contribution in [1.29, 1.82) is 0 Å². The lowest BCUT2D eigenvalue weighted by molar-refractivity contribution is 0.00841. The molecule has 94 valence electrons. The highest BCUT2D eigenvalue weighted by molar-refractivity contribution is 4.89. The molecule has 0 saturated carbocycles. The van der Waals surface area contributed by atoms with Gasteiger partial charge in [0.25, 0.3) is 0 Å². The minimum absolute atomic E-state index is 0.718. The van der Waals surface area contributed by atoms with E-state index in [0.29, 0.717) is 0 Å². The van der Waals surface area contributed by atoms with Crippen LogP contribution in [0.25, 0.3) is 0 Å². The second-order valence-electron chi connectivity index (χ2n) is 5.87. The van der Waals surface area contributed by atoms with Crippen molar-refractivity contribution in [3.8, 4) is 0 Å². The molecule has 3 heteroatoms. The molecule has 16 heavy (non-hydrogen) atoms. The molecule has 0 radical (unpaired) electrons. The summed E-state index contributed by atoms with van der Waals surface area (Å²) in [5.41, 5.74) is 0. The van der Waals surface area contributed by atoms with Crippen LogP contribution in [0.2, 0.25) is 0 Å². The van der Waals surface area contributed by atoms with Crippen LogP contribution in [-0.2, 0) is 0 Å². The first-order chi connectivity index (χ1) is 7.58. The van der Waals surface area contributed by atoms with Crippen LogP contribution in [0, 0.1) is 0 Å². The van der Waals surface area contributed by atoms with Crippen molar-refractivity contribution >= 4 is 0 Å². The van der Waals surface area contributed by atoms with Gasteiger partial charge in [0, 0.05) is 31.2 Å². The molecule has 2 fully saturated rings. The van der Waals surface area contributed by atoms with E-state index in [1.807, 2.05) is 0 Å². The zero-order chi connectivity index (χ0) is 11.7. The van der Waals surface area contributed by atoms with Gasteiger partial charge in [0.1, 0.15) is 0 Å². The van der Waals surface area contributed by atoms with Gasteiger partial charge in [-0.1, -0.05) is 0 Å². The Kier molecular flexibility index (Phi) is 3.88. The standard InChI is InChI=1S/C13H27N3/c1-11-10-16(12(2)9-15(11)4)13-5-7-14(3)8-6-13/h11-13H,5-10H2,1-4H3/t11-,12+/m1/s1.